The van der Waals surface area contributed by atoms with Crippen molar-refractivity contribution in [2.24, 2.45) is 0 Å². The van der Waals surface area contributed by atoms with Gasteiger partial charge < -0.3 is 10.2 Å². The van der Waals surface area contributed by atoms with Crippen LogP contribution >= 0.6 is 11.6 Å². The summed E-state index contributed by atoms with van der Waals surface area (Å²) in [7, 11) is 3.92. The molecule has 0 saturated heterocycles. The third kappa shape index (κ3) is 3.92. The predicted molar refractivity (Wildman–Crippen MR) is 126 cm³/mol. The van der Waals surface area contributed by atoms with E-state index in [2.05, 4.69) is 5.32 Å². The van der Waals surface area contributed by atoms with Gasteiger partial charge in [0.25, 0.3) is 11.8 Å². The van der Waals surface area contributed by atoms with E-state index in [0.717, 1.165) is 16.9 Å². The van der Waals surface area contributed by atoms with Gasteiger partial charge in [0, 0.05) is 30.5 Å². The summed E-state index contributed by atoms with van der Waals surface area (Å²) < 4.78 is 0. The van der Waals surface area contributed by atoms with Crippen molar-refractivity contribution >= 4 is 46.1 Å². The van der Waals surface area contributed by atoms with Crippen molar-refractivity contribution in [3.05, 3.63) is 94.6 Å². The SMILES string of the molecule is Cc1ccccc1N1C(=O)C(Nc2ccc(N(C)C)cc2)=C(c2ccc(Cl)cc2)C1=O. The second-order valence-corrected chi connectivity index (χ2v) is 7.99. The molecule has 1 aliphatic heterocycles. The largest absolute Gasteiger partial charge is 0.378 e. The summed E-state index contributed by atoms with van der Waals surface area (Å²) in [6, 6.07) is 21.9. The lowest BCUT2D eigenvalue weighted by atomic mass is 10.0. The highest BCUT2D eigenvalue weighted by molar-refractivity contribution is 6.46. The number of hydrogen-bond donors (Lipinski definition) is 1. The van der Waals surface area contributed by atoms with Gasteiger partial charge in [0.1, 0.15) is 5.70 Å². The highest BCUT2D eigenvalue weighted by atomic mass is 35.5. The molecule has 0 unspecified atom stereocenters. The maximum atomic E-state index is 13.5. The smallest absolute Gasteiger partial charge is 0.282 e. The van der Waals surface area contributed by atoms with Gasteiger partial charge in [-0.1, -0.05) is 41.9 Å². The van der Waals surface area contributed by atoms with Crippen LogP contribution in [-0.4, -0.2) is 25.9 Å². The molecule has 1 heterocycles. The van der Waals surface area contributed by atoms with Gasteiger partial charge in [0.15, 0.2) is 0 Å². The number of para-hydroxylation sites is 1. The number of carbonyl (C=O) groups is 2. The quantitative estimate of drug-likeness (QED) is 0.570. The van der Waals surface area contributed by atoms with Crippen LogP contribution in [0.3, 0.4) is 0 Å². The van der Waals surface area contributed by atoms with E-state index < -0.39 is 0 Å². The van der Waals surface area contributed by atoms with Crippen molar-refractivity contribution < 1.29 is 9.59 Å². The number of benzene rings is 3. The van der Waals surface area contributed by atoms with Crippen molar-refractivity contribution in [3.63, 3.8) is 0 Å². The standard InChI is InChI=1S/C25H22ClN3O2/c1-16-6-4-5-7-21(16)29-24(30)22(17-8-10-18(26)11-9-17)23(25(29)31)27-19-12-14-20(15-13-19)28(2)3/h4-15,27H,1-3H3. The monoisotopic (exact) mass is 431 g/mol. The zero-order valence-corrected chi connectivity index (χ0v) is 18.3. The number of carbonyl (C=O) groups excluding carboxylic acids is 2. The number of aryl methyl sites for hydroxylation is 1. The highest BCUT2D eigenvalue weighted by Gasteiger charge is 2.40. The summed E-state index contributed by atoms with van der Waals surface area (Å²) in [6.45, 7) is 1.88. The molecule has 3 aromatic rings. The first-order chi connectivity index (χ1) is 14.9. The first kappa shape index (κ1) is 20.7. The van der Waals surface area contributed by atoms with Crippen molar-refractivity contribution in [2.45, 2.75) is 6.92 Å². The summed E-state index contributed by atoms with van der Waals surface area (Å²) in [6.07, 6.45) is 0. The van der Waals surface area contributed by atoms with E-state index in [1.165, 1.54) is 4.90 Å². The molecular weight excluding hydrogens is 410 g/mol. The molecule has 6 heteroatoms. The molecule has 5 nitrogen and oxygen atoms in total. The Morgan fingerprint density at radius 2 is 1.48 bits per heavy atom. The third-order valence-electron chi connectivity index (χ3n) is 5.23. The van der Waals surface area contributed by atoms with Crippen LogP contribution in [0.4, 0.5) is 17.1 Å². The predicted octanol–water partition coefficient (Wildman–Crippen LogP) is 5.11. The Bertz CT molecular complexity index is 1180. The number of halogens is 1. The van der Waals surface area contributed by atoms with Crippen molar-refractivity contribution in [3.8, 4) is 0 Å². The van der Waals surface area contributed by atoms with Crippen LogP contribution in [0, 0.1) is 6.92 Å². The maximum Gasteiger partial charge on any atom is 0.282 e. The first-order valence-electron chi connectivity index (χ1n) is 9.86. The Morgan fingerprint density at radius 3 is 2.10 bits per heavy atom. The van der Waals surface area contributed by atoms with E-state index >= 15 is 0 Å². The van der Waals surface area contributed by atoms with Gasteiger partial charge in [-0.25, -0.2) is 4.90 Å². The second-order valence-electron chi connectivity index (χ2n) is 7.56. The van der Waals surface area contributed by atoms with Gasteiger partial charge in [0.2, 0.25) is 0 Å². The number of nitrogens with one attached hydrogen (secondary N) is 1. The van der Waals surface area contributed by atoms with E-state index in [1.807, 2.05) is 68.4 Å². The molecule has 0 fully saturated rings. The van der Waals surface area contributed by atoms with Crippen LogP contribution in [0.5, 0.6) is 0 Å². The molecule has 0 saturated carbocycles. The fraction of sp³-hybridized carbons (Fsp3) is 0.120. The fourth-order valence-electron chi connectivity index (χ4n) is 3.55. The highest BCUT2D eigenvalue weighted by Crippen LogP contribution is 2.35. The zero-order chi connectivity index (χ0) is 22.1. The molecule has 1 N–H and O–H groups in total. The van der Waals surface area contributed by atoms with Crippen LogP contribution < -0.4 is 15.1 Å². The number of nitrogens with zero attached hydrogens (tertiary/aromatic N) is 2. The Morgan fingerprint density at radius 1 is 0.839 bits per heavy atom. The third-order valence-corrected chi connectivity index (χ3v) is 5.48. The molecule has 0 bridgehead atoms. The lowest BCUT2D eigenvalue weighted by Crippen LogP contribution is -2.33. The summed E-state index contributed by atoms with van der Waals surface area (Å²) in [4.78, 5) is 30.1. The molecular formula is C25H22ClN3O2. The Balaban J connectivity index is 1.79. The topological polar surface area (TPSA) is 52.7 Å². The van der Waals surface area contributed by atoms with Gasteiger partial charge in [-0.3, -0.25) is 9.59 Å². The van der Waals surface area contributed by atoms with E-state index in [9.17, 15) is 9.59 Å². The van der Waals surface area contributed by atoms with Crippen LogP contribution in [0.25, 0.3) is 5.57 Å². The van der Waals surface area contributed by atoms with Crippen LogP contribution in [0.1, 0.15) is 11.1 Å². The molecule has 31 heavy (non-hydrogen) atoms. The molecule has 156 valence electrons. The molecule has 0 aliphatic carbocycles. The van der Waals surface area contributed by atoms with Gasteiger partial charge in [-0.05, 0) is 60.5 Å². The minimum atomic E-state index is -0.388. The fourth-order valence-corrected chi connectivity index (χ4v) is 3.68. The van der Waals surface area contributed by atoms with Crippen LogP contribution in [0.2, 0.25) is 5.02 Å². The van der Waals surface area contributed by atoms with Crippen molar-refractivity contribution in [1.82, 2.24) is 0 Å². The number of amides is 2. The average molecular weight is 432 g/mol. The number of rotatable bonds is 5. The summed E-state index contributed by atoms with van der Waals surface area (Å²) in [5, 5.41) is 3.75. The molecule has 3 aromatic carbocycles. The Kier molecular flexibility index (Phi) is 5.53. The Hall–Kier alpha value is -3.57. The summed E-state index contributed by atoms with van der Waals surface area (Å²) in [5.74, 6) is -0.755. The first-order valence-corrected chi connectivity index (χ1v) is 10.2. The zero-order valence-electron chi connectivity index (χ0n) is 17.5. The van der Waals surface area contributed by atoms with E-state index in [1.54, 1.807) is 30.3 Å². The van der Waals surface area contributed by atoms with Gasteiger partial charge in [-0.2, -0.15) is 0 Å². The van der Waals surface area contributed by atoms with Crippen LogP contribution in [-0.2, 0) is 9.59 Å². The van der Waals surface area contributed by atoms with Crippen LogP contribution in [0.15, 0.2) is 78.5 Å². The van der Waals surface area contributed by atoms with E-state index in [4.69, 9.17) is 11.6 Å². The molecule has 0 aromatic heterocycles. The van der Waals surface area contributed by atoms with Gasteiger partial charge >= 0.3 is 0 Å². The molecule has 4 rings (SSSR count). The van der Waals surface area contributed by atoms with Crippen molar-refractivity contribution in [1.29, 1.82) is 0 Å². The van der Waals surface area contributed by atoms with Crippen molar-refractivity contribution in [2.75, 3.05) is 29.2 Å². The molecule has 2 amide bonds. The van der Waals surface area contributed by atoms with E-state index in [-0.39, 0.29) is 17.5 Å². The summed E-state index contributed by atoms with van der Waals surface area (Å²) in [5.41, 5.74) is 4.37. The minimum absolute atomic E-state index is 0.244. The summed E-state index contributed by atoms with van der Waals surface area (Å²) >= 11 is 6.04. The Labute approximate surface area is 186 Å². The lowest BCUT2D eigenvalue weighted by molar-refractivity contribution is -0.120. The number of hydrogen-bond acceptors (Lipinski definition) is 4. The molecule has 0 atom stereocenters. The van der Waals surface area contributed by atoms with E-state index in [0.29, 0.717) is 21.8 Å². The molecule has 0 radical (unpaired) electrons. The number of imide groups is 1. The number of anilines is 3. The normalized spacial score (nSPS) is 13.7. The lowest BCUT2D eigenvalue weighted by Gasteiger charge is -2.18. The second kappa shape index (κ2) is 8.28. The molecule has 1 aliphatic rings. The van der Waals surface area contributed by atoms with Gasteiger partial charge in [0.05, 0.1) is 11.3 Å². The van der Waals surface area contributed by atoms with Gasteiger partial charge in [-0.15, -0.1) is 0 Å². The maximum absolute atomic E-state index is 13.5. The minimum Gasteiger partial charge on any atom is -0.378 e. The molecule has 0 spiro atoms. The average Bonchev–Trinajstić information content (AvgIpc) is 2.99.